The van der Waals surface area contributed by atoms with Gasteiger partial charge in [-0.05, 0) is 73.9 Å². The third-order valence-corrected chi connectivity index (χ3v) is 4.67. The normalized spacial score (nSPS) is 20.9. The van der Waals surface area contributed by atoms with Crippen LogP contribution in [-0.4, -0.2) is 11.1 Å². The van der Waals surface area contributed by atoms with E-state index in [0.717, 1.165) is 16.8 Å². The summed E-state index contributed by atoms with van der Waals surface area (Å²) in [5.41, 5.74) is 6.08. The van der Waals surface area contributed by atoms with Gasteiger partial charge in [0.2, 0.25) is 0 Å². The summed E-state index contributed by atoms with van der Waals surface area (Å²) in [4.78, 5) is 0. The van der Waals surface area contributed by atoms with Crippen LogP contribution in [0.2, 0.25) is 0 Å². The number of hydrogen-bond acceptors (Lipinski definition) is 2. The molecule has 2 heteroatoms. The van der Waals surface area contributed by atoms with Crippen LogP contribution in [0.4, 0.5) is 5.69 Å². The first-order valence-electron chi connectivity index (χ1n) is 7.67. The minimum atomic E-state index is 0.379. The van der Waals surface area contributed by atoms with Crippen molar-refractivity contribution in [1.29, 1.82) is 0 Å². The summed E-state index contributed by atoms with van der Waals surface area (Å²) < 4.78 is 0. The maximum Gasteiger partial charge on any atom is 0.118 e. The molecule has 0 amide bonds. The molecular weight excluding hydrogens is 258 g/mol. The first kappa shape index (κ1) is 14.0. The van der Waals surface area contributed by atoms with Gasteiger partial charge in [-0.1, -0.05) is 24.3 Å². The van der Waals surface area contributed by atoms with Crippen molar-refractivity contribution in [3.8, 4) is 5.75 Å². The third-order valence-electron chi connectivity index (χ3n) is 4.67. The lowest BCUT2D eigenvalue weighted by Crippen LogP contribution is -2.34. The van der Waals surface area contributed by atoms with Gasteiger partial charge in [-0.15, -0.1) is 0 Å². The van der Waals surface area contributed by atoms with Gasteiger partial charge >= 0.3 is 0 Å². The van der Waals surface area contributed by atoms with E-state index in [-0.39, 0.29) is 0 Å². The van der Waals surface area contributed by atoms with Gasteiger partial charge in [-0.3, -0.25) is 0 Å². The van der Waals surface area contributed by atoms with Crippen molar-refractivity contribution in [2.45, 2.75) is 45.6 Å². The van der Waals surface area contributed by atoms with Crippen LogP contribution in [-0.2, 0) is 0 Å². The van der Waals surface area contributed by atoms with Crippen molar-refractivity contribution in [3.63, 3.8) is 0 Å². The predicted molar refractivity (Wildman–Crippen MR) is 88.1 cm³/mol. The van der Waals surface area contributed by atoms with E-state index >= 15 is 0 Å². The van der Waals surface area contributed by atoms with Crippen LogP contribution in [0.5, 0.6) is 5.75 Å². The molecule has 2 aromatic carbocycles. The second-order valence-corrected chi connectivity index (χ2v) is 6.32. The molecule has 0 bridgehead atoms. The van der Waals surface area contributed by atoms with Gasteiger partial charge in [0.15, 0.2) is 0 Å². The average Bonchev–Trinajstić information content (AvgIpc) is 2.40. The van der Waals surface area contributed by atoms with Crippen molar-refractivity contribution in [1.82, 2.24) is 0 Å². The highest BCUT2D eigenvalue weighted by Gasteiger charge is 2.31. The zero-order valence-electron chi connectivity index (χ0n) is 13.0. The molecule has 2 aromatic rings. The number of phenols is 1. The Morgan fingerprint density at radius 1 is 0.952 bits per heavy atom. The number of benzene rings is 2. The van der Waals surface area contributed by atoms with Gasteiger partial charge in [-0.2, -0.15) is 0 Å². The summed E-state index contributed by atoms with van der Waals surface area (Å²) in [6.45, 7) is 6.18. The van der Waals surface area contributed by atoms with Crippen molar-refractivity contribution in [2.24, 2.45) is 0 Å². The monoisotopic (exact) mass is 281 g/mol. The standard InChI is InChI=1S/C19H23NO/c1-12-6-4-5-7-17(12)15-10-16(11-15)20-18-8-14(3)19(21)9-13(18)2/h4-9,15-16,20-21H,10-11H2,1-3H3. The van der Waals surface area contributed by atoms with Gasteiger partial charge in [-0.25, -0.2) is 0 Å². The number of aromatic hydroxyl groups is 1. The fourth-order valence-electron chi connectivity index (χ4n) is 3.21. The number of phenolic OH excluding ortho intramolecular Hbond substituents is 1. The molecule has 2 N–H and O–H groups in total. The highest BCUT2D eigenvalue weighted by atomic mass is 16.3. The Morgan fingerprint density at radius 2 is 1.67 bits per heavy atom. The van der Waals surface area contributed by atoms with Crippen LogP contribution in [0.1, 0.15) is 41.0 Å². The summed E-state index contributed by atoms with van der Waals surface area (Å²) in [5, 5.41) is 13.3. The Morgan fingerprint density at radius 3 is 2.38 bits per heavy atom. The molecule has 1 fully saturated rings. The second-order valence-electron chi connectivity index (χ2n) is 6.32. The summed E-state index contributed by atoms with van der Waals surface area (Å²) in [6.07, 6.45) is 2.37. The molecule has 0 heterocycles. The van der Waals surface area contributed by atoms with Gasteiger partial charge in [0.1, 0.15) is 5.75 Å². The number of nitrogens with one attached hydrogen (secondary N) is 1. The zero-order chi connectivity index (χ0) is 15.0. The molecule has 0 aromatic heterocycles. The fourth-order valence-corrected chi connectivity index (χ4v) is 3.21. The van der Waals surface area contributed by atoms with Gasteiger partial charge in [0, 0.05) is 11.7 Å². The van der Waals surface area contributed by atoms with Crippen molar-refractivity contribution in [3.05, 3.63) is 58.7 Å². The van der Waals surface area contributed by atoms with E-state index in [1.54, 1.807) is 0 Å². The van der Waals surface area contributed by atoms with Crippen LogP contribution in [0.25, 0.3) is 0 Å². The van der Waals surface area contributed by atoms with Gasteiger partial charge in [0.25, 0.3) is 0 Å². The van der Waals surface area contributed by atoms with Crippen LogP contribution in [0.3, 0.4) is 0 Å². The Balaban J connectivity index is 1.65. The van der Waals surface area contributed by atoms with Crippen molar-refractivity contribution >= 4 is 5.69 Å². The number of hydrogen-bond donors (Lipinski definition) is 2. The lowest BCUT2D eigenvalue weighted by molar-refractivity contribution is 0.373. The van der Waals surface area contributed by atoms with Gasteiger partial charge in [0.05, 0.1) is 0 Å². The molecule has 0 unspecified atom stereocenters. The average molecular weight is 281 g/mol. The maximum atomic E-state index is 9.72. The van der Waals surface area contributed by atoms with E-state index in [4.69, 9.17) is 0 Å². The molecule has 1 saturated carbocycles. The summed E-state index contributed by atoms with van der Waals surface area (Å²) >= 11 is 0. The van der Waals surface area contributed by atoms with E-state index in [1.807, 2.05) is 26.0 Å². The molecule has 3 rings (SSSR count). The Hall–Kier alpha value is -1.96. The predicted octanol–water partition coefficient (Wildman–Crippen LogP) is 4.68. The molecule has 0 spiro atoms. The molecule has 0 atom stereocenters. The Bertz CT molecular complexity index is 657. The summed E-state index contributed by atoms with van der Waals surface area (Å²) in [7, 11) is 0. The molecule has 0 saturated heterocycles. The van der Waals surface area contributed by atoms with Crippen molar-refractivity contribution in [2.75, 3.05) is 5.32 Å². The topological polar surface area (TPSA) is 32.3 Å². The first-order chi connectivity index (χ1) is 10.0. The summed E-state index contributed by atoms with van der Waals surface area (Å²) in [5.74, 6) is 1.06. The van der Waals surface area contributed by atoms with Gasteiger partial charge < -0.3 is 10.4 Å². The Kier molecular flexibility index (Phi) is 3.62. The quantitative estimate of drug-likeness (QED) is 0.801. The van der Waals surface area contributed by atoms with Crippen LogP contribution in [0, 0.1) is 20.8 Å². The molecule has 110 valence electrons. The summed E-state index contributed by atoms with van der Waals surface area (Å²) in [6, 6.07) is 13.1. The van der Waals surface area contributed by atoms with Crippen molar-refractivity contribution < 1.29 is 5.11 Å². The van der Waals surface area contributed by atoms with Crippen LogP contribution < -0.4 is 5.32 Å². The lowest BCUT2D eigenvalue weighted by atomic mass is 9.74. The number of anilines is 1. The van der Waals surface area contributed by atoms with E-state index in [2.05, 4.69) is 36.5 Å². The molecule has 21 heavy (non-hydrogen) atoms. The molecule has 1 aliphatic carbocycles. The lowest BCUT2D eigenvalue weighted by Gasteiger charge is -2.38. The largest absolute Gasteiger partial charge is 0.508 e. The van der Waals surface area contributed by atoms with Crippen LogP contribution >= 0.6 is 0 Å². The van der Waals surface area contributed by atoms with E-state index in [1.165, 1.54) is 24.0 Å². The Labute approximate surface area is 126 Å². The smallest absolute Gasteiger partial charge is 0.118 e. The molecule has 1 aliphatic rings. The first-order valence-corrected chi connectivity index (χ1v) is 7.67. The fraction of sp³-hybridized carbons (Fsp3) is 0.368. The van der Waals surface area contributed by atoms with E-state index in [9.17, 15) is 5.11 Å². The number of aryl methyl sites for hydroxylation is 3. The highest BCUT2D eigenvalue weighted by molar-refractivity contribution is 5.57. The molecular formula is C19H23NO. The van der Waals surface area contributed by atoms with Crippen LogP contribution in [0.15, 0.2) is 36.4 Å². The second kappa shape index (κ2) is 5.44. The SMILES string of the molecule is Cc1cc(NC2CC(c3ccccc3C)C2)c(C)cc1O. The third kappa shape index (κ3) is 2.76. The molecule has 2 nitrogen and oxygen atoms in total. The molecule has 0 radical (unpaired) electrons. The highest BCUT2D eigenvalue weighted by Crippen LogP contribution is 2.40. The zero-order valence-corrected chi connectivity index (χ0v) is 13.0. The minimum Gasteiger partial charge on any atom is -0.508 e. The molecule has 0 aliphatic heterocycles. The van der Waals surface area contributed by atoms with E-state index < -0.39 is 0 Å². The van der Waals surface area contributed by atoms with E-state index in [0.29, 0.717) is 17.7 Å². The number of rotatable bonds is 3. The minimum absolute atomic E-state index is 0.379. The maximum absolute atomic E-state index is 9.72.